The fourth-order valence-electron chi connectivity index (χ4n) is 14.4. The van der Waals surface area contributed by atoms with E-state index in [0.717, 1.165) is 38.5 Å². The molecule has 12 rings (SSSR count). The van der Waals surface area contributed by atoms with Crippen molar-refractivity contribution in [3.05, 3.63) is 60.8 Å². The van der Waals surface area contributed by atoms with Crippen LogP contribution in [0.1, 0.15) is 146 Å². The third-order valence-electron chi connectivity index (χ3n) is 19.3. The van der Waals surface area contributed by atoms with Gasteiger partial charge in [-0.3, -0.25) is 24.0 Å². The van der Waals surface area contributed by atoms with Gasteiger partial charge in [-0.05, 0) is 119 Å². The molecule has 7 aliphatic carbocycles. The first-order valence-electron chi connectivity index (χ1n) is 28.6. The van der Waals surface area contributed by atoms with E-state index in [1.807, 2.05) is 20.8 Å². The van der Waals surface area contributed by atoms with Gasteiger partial charge in [0.15, 0.2) is 0 Å². The highest BCUT2D eigenvalue weighted by atomic mass is 16.6. The van der Waals surface area contributed by atoms with Gasteiger partial charge in [0.2, 0.25) is 0 Å². The van der Waals surface area contributed by atoms with Crippen LogP contribution in [0.25, 0.3) is 0 Å². The molecule has 5 heterocycles. The van der Waals surface area contributed by atoms with E-state index in [-0.39, 0.29) is 149 Å². The third kappa shape index (κ3) is 11.7. The fourth-order valence-corrected chi connectivity index (χ4v) is 14.4. The van der Waals surface area contributed by atoms with Crippen LogP contribution in [0.15, 0.2) is 60.8 Å². The minimum atomic E-state index is -0.682. The summed E-state index contributed by atoms with van der Waals surface area (Å²) in [4.78, 5) is 115. The summed E-state index contributed by atoms with van der Waals surface area (Å²) in [5.74, 6) is -1.71. The van der Waals surface area contributed by atoms with Gasteiger partial charge in [-0.15, -0.1) is 0 Å². The van der Waals surface area contributed by atoms with Gasteiger partial charge in [0, 0.05) is 70.8 Å². The Labute approximate surface area is 478 Å². The highest BCUT2D eigenvalue weighted by molar-refractivity contribution is 5.90. The zero-order valence-corrected chi connectivity index (χ0v) is 48.9. The molecule has 20 nitrogen and oxygen atoms in total. The first-order chi connectivity index (χ1) is 38.2. The average Bonchev–Trinajstić information content (AvgIpc) is 2.54. The van der Waals surface area contributed by atoms with Crippen LogP contribution in [-0.4, -0.2) is 120 Å². The van der Waals surface area contributed by atoms with Crippen LogP contribution in [-0.2, 0) is 95.3 Å². The van der Waals surface area contributed by atoms with Gasteiger partial charge < -0.3 is 47.4 Å². The standard InChI is InChI=1S/C14H18O4.C13H16O4.2C12H16O4.C11H14O4/c1-6(2)12(15)17-10-8-5-7-9(14(8,3)4)11(10)18-13(7)16;1-6(2)11(14)17-13(3)7-4-8-9(5-7)12(15)16-10(8)13;1-7(2)10(13)15-8-4-5-12(3)6-9(8)16-11(12)14;1-7(2)10(13)16-12(3)5-4-8-6-9(12)15-11(8)14;1-6(2)10(12)14-8-4-3-7-5-9(8)15-11(7)13/h7-11H,1,5H2,2-4H3;7-10H,1,4-5H2,2-3H3;2*8-9H,1,4-6H2,2-3H3;7-9H,1,3-5H2,2H3. The molecule has 19 unspecified atom stereocenters. The van der Waals surface area contributed by atoms with E-state index in [1.54, 1.807) is 34.6 Å². The summed E-state index contributed by atoms with van der Waals surface area (Å²) >= 11 is 0. The second-order valence-electron chi connectivity index (χ2n) is 26.1. The van der Waals surface area contributed by atoms with Gasteiger partial charge in [0.1, 0.15) is 60.0 Å². The summed E-state index contributed by atoms with van der Waals surface area (Å²) in [5, 5.41) is 0. The maximum absolute atomic E-state index is 11.8. The van der Waals surface area contributed by atoms with E-state index in [0.29, 0.717) is 66.4 Å². The molecule has 448 valence electrons. The molecule has 7 saturated carbocycles. The first kappa shape index (κ1) is 61.5. The molecule has 19 atom stereocenters. The quantitative estimate of drug-likeness (QED) is 0.116. The summed E-state index contributed by atoms with van der Waals surface area (Å²) in [7, 11) is 0. The lowest BCUT2D eigenvalue weighted by molar-refractivity contribution is -0.175. The number of rotatable bonds is 10. The molecular formula is C62H80O20. The van der Waals surface area contributed by atoms with Gasteiger partial charge in [-0.2, -0.15) is 0 Å². The van der Waals surface area contributed by atoms with Crippen LogP contribution in [0, 0.1) is 58.2 Å². The molecule has 0 radical (unpaired) electrons. The summed E-state index contributed by atoms with van der Waals surface area (Å²) in [5.41, 5.74) is 0.193. The van der Waals surface area contributed by atoms with E-state index < -0.39 is 29.1 Å². The minimum absolute atomic E-state index is 0.00149. The molecule has 10 bridgehead atoms. The highest BCUT2D eigenvalue weighted by Gasteiger charge is 2.72. The van der Waals surface area contributed by atoms with E-state index in [1.165, 1.54) is 0 Å². The number of hydrogen-bond acceptors (Lipinski definition) is 20. The maximum atomic E-state index is 11.8. The highest BCUT2D eigenvalue weighted by Crippen LogP contribution is 2.65. The van der Waals surface area contributed by atoms with Crippen molar-refractivity contribution in [2.45, 2.75) is 206 Å². The molecule has 5 aliphatic heterocycles. The Bertz CT molecular complexity index is 2770. The Balaban J connectivity index is 0.000000134. The predicted molar refractivity (Wildman–Crippen MR) is 287 cm³/mol. The number of carbonyl (C=O) groups is 10. The Hall–Kier alpha value is -6.60. The summed E-state index contributed by atoms with van der Waals surface area (Å²) in [6, 6.07) is 0. The molecule has 5 saturated heterocycles. The zero-order valence-electron chi connectivity index (χ0n) is 48.9. The van der Waals surface area contributed by atoms with Crippen LogP contribution in [0.3, 0.4) is 0 Å². The van der Waals surface area contributed by atoms with Crippen molar-refractivity contribution in [3.63, 3.8) is 0 Å². The molecule has 0 N–H and O–H groups in total. The normalized spacial score (nSPS) is 39.4. The summed E-state index contributed by atoms with van der Waals surface area (Å²) in [6.45, 7) is 35.8. The summed E-state index contributed by atoms with van der Waals surface area (Å²) in [6.07, 6.45) is 6.61. The number of fused-ring (bicyclic) bond motifs is 8. The SMILES string of the molecule is C=C(C)C(=O)OC1(C)C2CC3C(=O)OC1C3C2.C=C(C)C(=O)OC1(C)CCC2CC1OC2=O.C=C(C)C(=O)OC1C2OC(=O)C3CC1C(C)(C)C32.C=C(C)C(=O)OC1CCC2(C)CC1OC2=O.C=C(C)C(=O)OC1CCC2CC1OC2=O. The minimum Gasteiger partial charge on any atom is -0.458 e. The Morgan fingerprint density at radius 1 is 0.512 bits per heavy atom. The molecule has 0 aromatic heterocycles. The first-order valence-corrected chi connectivity index (χ1v) is 28.6. The maximum Gasteiger partial charge on any atom is 0.333 e. The van der Waals surface area contributed by atoms with Crippen molar-refractivity contribution >= 4 is 59.7 Å². The van der Waals surface area contributed by atoms with Crippen LogP contribution < -0.4 is 0 Å². The monoisotopic (exact) mass is 1140 g/mol. The smallest absolute Gasteiger partial charge is 0.333 e. The van der Waals surface area contributed by atoms with E-state index >= 15 is 0 Å². The second-order valence-corrected chi connectivity index (χ2v) is 26.1. The molecular weight excluding hydrogens is 1060 g/mol. The van der Waals surface area contributed by atoms with E-state index in [9.17, 15) is 47.9 Å². The third-order valence-corrected chi connectivity index (χ3v) is 19.3. The number of hydrogen-bond donors (Lipinski definition) is 0. The zero-order chi connectivity index (χ0) is 60.5. The largest absolute Gasteiger partial charge is 0.458 e. The van der Waals surface area contributed by atoms with Gasteiger partial charge >= 0.3 is 59.7 Å². The van der Waals surface area contributed by atoms with E-state index in [2.05, 4.69) is 46.7 Å². The Kier molecular flexibility index (Phi) is 17.1. The number of esters is 10. The van der Waals surface area contributed by atoms with Gasteiger partial charge in [0.05, 0.1) is 29.1 Å². The topological polar surface area (TPSA) is 263 Å². The molecule has 0 aromatic carbocycles. The predicted octanol–water partition coefficient (Wildman–Crippen LogP) is 7.52. The molecule has 20 heteroatoms. The van der Waals surface area contributed by atoms with Crippen LogP contribution in [0.2, 0.25) is 0 Å². The van der Waals surface area contributed by atoms with E-state index in [4.69, 9.17) is 47.4 Å². The van der Waals surface area contributed by atoms with Crippen molar-refractivity contribution < 1.29 is 95.3 Å². The van der Waals surface area contributed by atoms with Gasteiger partial charge in [-0.25, -0.2) is 24.0 Å². The second kappa shape index (κ2) is 22.9. The van der Waals surface area contributed by atoms with Crippen LogP contribution in [0.5, 0.6) is 0 Å². The van der Waals surface area contributed by atoms with Crippen LogP contribution >= 0.6 is 0 Å². The number of ether oxygens (including phenoxy) is 10. The van der Waals surface area contributed by atoms with Gasteiger partial charge in [0.25, 0.3) is 0 Å². The fraction of sp³-hybridized carbons (Fsp3) is 0.677. The molecule has 82 heavy (non-hydrogen) atoms. The van der Waals surface area contributed by atoms with Crippen molar-refractivity contribution in [2.75, 3.05) is 0 Å². The molecule has 12 fully saturated rings. The Morgan fingerprint density at radius 3 is 1.67 bits per heavy atom. The van der Waals surface area contributed by atoms with Crippen molar-refractivity contribution in [1.29, 1.82) is 0 Å². The van der Waals surface area contributed by atoms with Crippen molar-refractivity contribution in [2.24, 2.45) is 58.2 Å². The number of carbonyl (C=O) groups excluding carboxylic acids is 10. The lowest BCUT2D eigenvalue weighted by atomic mass is 9.76. The molecule has 0 aromatic rings. The molecule has 12 aliphatic rings. The lowest BCUT2D eigenvalue weighted by Gasteiger charge is -2.36. The Morgan fingerprint density at radius 2 is 1.06 bits per heavy atom. The molecule has 0 spiro atoms. The van der Waals surface area contributed by atoms with Crippen molar-refractivity contribution in [3.8, 4) is 0 Å². The van der Waals surface area contributed by atoms with Crippen LogP contribution in [0.4, 0.5) is 0 Å². The lowest BCUT2D eigenvalue weighted by Crippen LogP contribution is -2.47. The summed E-state index contributed by atoms with van der Waals surface area (Å²) < 4.78 is 53.4. The molecule has 0 amide bonds. The average molecular weight is 1150 g/mol. The van der Waals surface area contributed by atoms with Gasteiger partial charge in [-0.1, -0.05) is 46.7 Å². The van der Waals surface area contributed by atoms with Crippen molar-refractivity contribution in [1.82, 2.24) is 0 Å².